The van der Waals surface area contributed by atoms with Gasteiger partial charge in [0.25, 0.3) is 0 Å². The van der Waals surface area contributed by atoms with Gasteiger partial charge in [0.05, 0.1) is 5.56 Å². The maximum Gasteiger partial charge on any atom is 0.416 e. The van der Waals surface area contributed by atoms with E-state index in [0.717, 1.165) is 31.1 Å². The normalized spacial score (nSPS) is 11.6. The van der Waals surface area contributed by atoms with E-state index in [-0.39, 0.29) is 0 Å². The average molecular weight is 231 g/mol. The third-order valence-corrected chi connectivity index (χ3v) is 2.40. The van der Waals surface area contributed by atoms with E-state index in [1.807, 2.05) is 0 Å². The lowest BCUT2D eigenvalue weighted by molar-refractivity contribution is -0.137. The van der Waals surface area contributed by atoms with Crippen LogP contribution in [0.1, 0.15) is 30.9 Å². The van der Waals surface area contributed by atoms with Crippen molar-refractivity contribution in [2.24, 2.45) is 0 Å². The maximum absolute atomic E-state index is 12.4. The number of aryl methyl sites for hydroxylation is 1. The fourth-order valence-corrected chi connectivity index (χ4v) is 1.44. The molecule has 0 saturated heterocycles. The first-order chi connectivity index (χ1) is 7.45. The molecule has 1 aromatic carbocycles. The summed E-state index contributed by atoms with van der Waals surface area (Å²) in [5, 5.41) is 3.13. The van der Waals surface area contributed by atoms with Crippen molar-refractivity contribution in [3.8, 4) is 0 Å². The average Bonchev–Trinajstić information content (AvgIpc) is 2.19. The topological polar surface area (TPSA) is 12.0 Å². The monoisotopic (exact) mass is 231 g/mol. The summed E-state index contributed by atoms with van der Waals surface area (Å²) in [5.74, 6) is 0. The van der Waals surface area contributed by atoms with Crippen LogP contribution in [0.4, 0.5) is 18.9 Å². The fraction of sp³-hybridized carbons (Fsp3) is 0.500. The first-order valence-electron chi connectivity index (χ1n) is 5.37. The molecule has 1 N–H and O–H groups in total. The molecule has 4 heteroatoms. The van der Waals surface area contributed by atoms with Crippen LogP contribution in [0.15, 0.2) is 18.2 Å². The second-order valence-electron chi connectivity index (χ2n) is 3.81. The molecule has 0 aliphatic carbocycles. The molecule has 0 radical (unpaired) electrons. The van der Waals surface area contributed by atoms with Crippen molar-refractivity contribution in [1.82, 2.24) is 0 Å². The van der Waals surface area contributed by atoms with Gasteiger partial charge in [-0.15, -0.1) is 0 Å². The summed E-state index contributed by atoms with van der Waals surface area (Å²) >= 11 is 0. The van der Waals surface area contributed by atoms with E-state index < -0.39 is 11.7 Å². The summed E-state index contributed by atoms with van der Waals surface area (Å²) in [6.45, 7) is 4.55. The molecule has 0 saturated carbocycles. The highest BCUT2D eigenvalue weighted by molar-refractivity contribution is 5.52. The Morgan fingerprint density at radius 1 is 1.25 bits per heavy atom. The van der Waals surface area contributed by atoms with Gasteiger partial charge in [0, 0.05) is 12.2 Å². The summed E-state index contributed by atoms with van der Waals surface area (Å²) in [6.07, 6.45) is -2.18. The highest BCUT2D eigenvalue weighted by Gasteiger charge is 2.30. The standard InChI is InChI=1S/C12H16F3N/c1-3-4-7-16-11-6-5-10(8-9(11)2)12(13,14)15/h5-6,8,16H,3-4,7H2,1-2H3. The van der Waals surface area contributed by atoms with Crippen molar-refractivity contribution in [2.75, 3.05) is 11.9 Å². The van der Waals surface area contributed by atoms with E-state index >= 15 is 0 Å². The van der Waals surface area contributed by atoms with Gasteiger partial charge < -0.3 is 5.32 Å². The highest BCUT2D eigenvalue weighted by Crippen LogP contribution is 2.31. The Bertz CT molecular complexity index is 345. The molecule has 90 valence electrons. The molecule has 0 heterocycles. The Morgan fingerprint density at radius 3 is 2.44 bits per heavy atom. The molecule has 1 rings (SSSR count). The molecular weight excluding hydrogens is 215 g/mol. The Balaban J connectivity index is 2.76. The lowest BCUT2D eigenvalue weighted by Crippen LogP contribution is -2.07. The van der Waals surface area contributed by atoms with Crippen LogP contribution in [0.25, 0.3) is 0 Å². The Labute approximate surface area is 93.7 Å². The molecule has 1 aromatic rings. The van der Waals surface area contributed by atoms with Crippen LogP contribution in [0.2, 0.25) is 0 Å². The molecule has 0 atom stereocenters. The molecule has 0 bridgehead atoms. The van der Waals surface area contributed by atoms with Gasteiger partial charge in [-0.25, -0.2) is 0 Å². The van der Waals surface area contributed by atoms with Crippen LogP contribution in [0, 0.1) is 6.92 Å². The fourth-order valence-electron chi connectivity index (χ4n) is 1.44. The van der Waals surface area contributed by atoms with E-state index in [1.165, 1.54) is 12.1 Å². The smallest absolute Gasteiger partial charge is 0.385 e. The maximum atomic E-state index is 12.4. The van der Waals surface area contributed by atoms with E-state index in [9.17, 15) is 13.2 Å². The van der Waals surface area contributed by atoms with Gasteiger partial charge in [0.15, 0.2) is 0 Å². The van der Waals surface area contributed by atoms with Crippen LogP contribution in [-0.2, 0) is 6.18 Å². The first-order valence-corrected chi connectivity index (χ1v) is 5.37. The molecule has 0 unspecified atom stereocenters. The second kappa shape index (κ2) is 5.23. The minimum atomic E-state index is -4.26. The Hall–Kier alpha value is -1.19. The van der Waals surface area contributed by atoms with Crippen molar-refractivity contribution in [1.29, 1.82) is 0 Å². The summed E-state index contributed by atoms with van der Waals surface area (Å²) in [6, 6.07) is 3.78. The van der Waals surface area contributed by atoms with Crippen LogP contribution in [-0.4, -0.2) is 6.54 Å². The molecular formula is C12H16F3N. The molecule has 0 aliphatic rings. The largest absolute Gasteiger partial charge is 0.416 e. The van der Waals surface area contributed by atoms with Gasteiger partial charge in [-0.1, -0.05) is 13.3 Å². The van der Waals surface area contributed by atoms with Gasteiger partial charge in [0.1, 0.15) is 0 Å². The van der Waals surface area contributed by atoms with Crippen LogP contribution in [0.5, 0.6) is 0 Å². The molecule has 0 fully saturated rings. The summed E-state index contributed by atoms with van der Waals surface area (Å²) < 4.78 is 37.2. The van der Waals surface area contributed by atoms with Gasteiger partial charge in [-0.05, 0) is 37.1 Å². The van der Waals surface area contributed by atoms with Crippen molar-refractivity contribution >= 4 is 5.69 Å². The number of hydrogen-bond acceptors (Lipinski definition) is 1. The summed E-state index contributed by atoms with van der Waals surface area (Å²) in [4.78, 5) is 0. The molecule has 0 spiro atoms. The van der Waals surface area contributed by atoms with Gasteiger partial charge in [0.2, 0.25) is 0 Å². The molecule has 1 nitrogen and oxygen atoms in total. The number of hydrogen-bond donors (Lipinski definition) is 1. The third kappa shape index (κ3) is 3.43. The Morgan fingerprint density at radius 2 is 1.94 bits per heavy atom. The van der Waals surface area contributed by atoms with E-state index in [1.54, 1.807) is 6.92 Å². The number of rotatable bonds is 4. The SMILES string of the molecule is CCCCNc1ccc(C(F)(F)F)cc1C. The number of halogens is 3. The van der Waals surface area contributed by atoms with Crippen molar-refractivity contribution in [3.05, 3.63) is 29.3 Å². The molecule has 0 amide bonds. The van der Waals surface area contributed by atoms with Crippen LogP contribution < -0.4 is 5.32 Å². The van der Waals surface area contributed by atoms with Gasteiger partial charge in [-0.2, -0.15) is 13.2 Å². The summed E-state index contributed by atoms with van der Waals surface area (Å²) in [7, 11) is 0. The van der Waals surface area contributed by atoms with Crippen molar-refractivity contribution < 1.29 is 13.2 Å². The van der Waals surface area contributed by atoms with Gasteiger partial charge in [-0.3, -0.25) is 0 Å². The zero-order chi connectivity index (χ0) is 12.2. The third-order valence-electron chi connectivity index (χ3n) is 2.40. The van der Waals surface area contributed by atoms with E-state index in [4.69, 9.17) is 0 Å². The number of alkyl halides is 3. The van der Waals surface area contributed by atoms with Crippen LogP contribution >= 0.6 is 0 Å². The van der Waals surface area contributed by atoms with Crippen molar-refractivity contribution in [2.45, 2.75) is 32.9 Å². The van der Waals surface area contributed by atoms with E-state index in [2.05, 4.69) is 12.2 Å². The zero-order valence-corrected chi connectivity index (χ0v) is 9.49. The number of anilines is 1. The predicted molar refractivity (Wildman–Crippen MR) is 59.6 cm³/mol. The lowest BCUT2D eigenvalue weighted by atomic mass is 10.1. The quantitative estimate of drug-likeness (QED) is 0.765. The molecule has 0 aliphatic heterocycles. The number of unbranched alkanes of at least 4 members (excludes halogenated alkanes) is 1. The summed E-state index contributed by atoms with van der Waals surface area (Å²) in [5.41, 5.74) is 0.818. The number of benzene rings is 1. The zero-order valence-electron chi connectivity index (χ0n) is 9.49. The predicted octanol–water partition coefficient (Wildman–Crippen LogP) is 4.23. The minimum Gasteiger partial charge on any atom is -0.385 e. The number of nitrogens with one attached hydrogen (secondary N) is 1. The second-order valence-corrected chi connectivity index (χ2v) is 3.81. The first kappa shape index (κ1) is 12.9. The Kier molecular flexibility index (Phi) is 4.21. The highest BCUT2D eigenvalue weighted by atomic mass is 19.4. The molecule has 0 aromatic heterocycles. The van der Waals surface area contributed by atoms with Gasteiger partial charge >= 0.3 is 6.18 Å². The lowest BCUT2D eigenvalue weighted by Gasteiger charge is -2.12. The van der Waals surface area contributed by atoms with E-state index in [0.29, 0.717) is 5.56 Å². The van der Waals surface area contributed by atoms with Crippen molar-refractivity contribution in [3.63, 3.8) is 0 Å². The minimum absolute atomic E-state index is 0.592. The van der Waals surface area contributed by atoms with Crippen LogP contribution in [0.3, 0.4) is 0 Å². The molecule has 16 heavy (non-hydrogen) atoms.